The minimum absolute atomic E-state index is 0.114. The van der Waals surface area contributed by atoms with E-state index in [9.17, 15) is 28.0 Å². The number of hydrogen-bond acceptors (Lipinski definition) is 7. The van der Waals surface area contributed by atoms with Gasteiger partial charge in [0.05, 0.1) is 58.0 Å². The van der Waals surface area contributed by atoms with E-state index in [4.69, 9.17) is 9.15 Å². The third-order valence-corrected chi connectivity index (χ3v) is 7.16. The Kier molecular flexibility index (Phi) is 8.78. The number of methoxy groups -OCH3 is 1. The van der Waals surface area contributed by atoms with Crippen molar-refractivity contribution in [2.24, 2.45) is 0 Å². The fourth-order valence-electron chi connectivity index (χ4n) is 4.32. The molecule has 212 valence electrons. The molecule has 2 aromatic carbocycles. The number of allylic oxidation sites excluding steroid dienone is 2. The summed E-state index contributed by atoms with van der Waals surface area (Å²) < 4.78 is 51.2. The topological polar surface area (TPSA) is 116 Å². The summed E-state index contributed by atoms with van der Waals surface area (Å²) in [6.45, 7) is 3.37. The van der Waals surface area contributed by atoms with Crippen molar-refractivity contribution in [3.05, 3.63) is 99.6 Å². The molecular weight excluding hydrogens is 557 g/mol. The van der Waals surface area contributed by atoms with Crippen molar-refractivity contribution in [3.63, 3.8) is 0 Å². The number of thioether (sulfide) groups is 1. The Morgan fingerprint density at radius 1 is 1.05 bits per heavy atom. The summed E-state index contributed by atoms with van der Waals surface area (Å²) in [6, 6.07) is 17.0. The summed E-state index contributed by atoms with van der Waals surface area (Å²) in [5.74, 6) is -1.08. The molecule has 3 N–H and O–H groups in total. The van der Waals surface area contributed by atoms with E-state index >= 15 is 0 Å². The standard InChI is InChI=1S/C29H25F3N4O4S/c1-16-12-13-23(40-16)26-18(14-33)28(41-15-24(37)35-20-9-5-4-8-19(20)29(30,31)32)34-17(2)25(26)27(38)36-21-10-6-7-11-22(21)39-3/h4-13,26,34H,15H2,1-3H3,(H,35,37)(H,36,38)/t26-/m1/s1. The maximum absolute atomic E-state index is 13.6. The lowest BCUT2D eigenvalue weighted by Gasteiger charge is -2.28. The number of alkyl halides is 3. The average Bonchev–Trinajstić information content (AvgIpc) is 3.37. The van der Waals surface area contributed by atoms with Gasteiger partial charge in [0.2, 0.25) is 5.91 Å². The van der Waals surface area contributed by atoms with E-state index in [0.717, 1.165) is 17.8 Å². The smallest absolute Gasteiger partial charge is 0.418 e. The van der Waals surface area contributed by atoms with Crippen molar-refractivity contribution in [2.45, 2.75) is 25.9 Å². The maximum atomic E-state index is 13.6. The molecule has 4 rings (SSSR count). The highest BCUT2D eigenvalue weighted by atomic mass is 32.2. The third-order valence-electron chi connectivity index (χ3n) is 6.15. The zero-order chi connectivity index (χ0) is 29.7. The number of anilines is 2. The predicted molar refractivity (Wildman–Crippen MR) is 149 cm³/mol. The number of dihydropyridines is 1. The van der Waals surface area contributed by atoms with Crippen LogP contribution >= 0.6 is 11.8 Å². The maximum Gasteiger partial charge on any atom is 0.418 e. The van der Waals surface area contributed by atoms with Gasteiger partial charge in [-0.1, -0.05) is 36.0 Å². The molecule has 1 aliphatic rings. The number of nitrogens with zero attached hydrogens (tertiary/aromatic N) is 1. The second kappa shape index (κ2) is 12.3. The Morgan fingerprint density at radius 2 is 1.73 bits per heavy atom. The number of para-hydroxylation sites is 3. The number of carbonyl (C=O) groups is 2. The molecule has 0 saturated carbocycles. The molecule has 0 bridgehead atoms. The quantitative estimate of drug-likeness (QED) is 0.285. The molecule has 0 spiro atoms. The van der Waals surface area contributed by atoms with Crippen LogP contribution in [0.5, 0.6) is 5.75 Å². The van der Waals surface area contributed by atoms with E-state index in [0.29, 0.717) is 28.7 Å². The van der Waals surface area contributed by atoms with Crippen LogP contribution in [0.25, 0.3) is 0 Å². The van der Waals surface area contributed by atoms with Crippen molar-refractivity contribution >= 4 is 35.0 Å². The van der Waals surface area contributed by atoms with Gasteiger partial charge in [-0.15, -0.1) is 0 Å². The van der Waals surface area contributed by atoms with Crippen molar-refractivity contribution in [3.8, 4) is 11.8 Å². The number of halogens is 3. The molecule has 1 aromatic heterocycles. The molecule has 0 radical (unpaired) electrons. The summed E-state index contributed by atoms with van der Waals surface area (Å²) in [5.41, 5.74) is -0.178. The molecule has 41 heavy (non-hydrogen) atoms. The Bertz CT molecular complexity index is 1590. The van der Waals surface area contributed by atoms with E-state index in [1.165, 1.54) is 25.3 Å². The third kappa shape index (κ3) is 6.58. The molecule has 0 unspecified atom stereocenters. The molecule has 0 aliphatic carbocycles. The minimum Gasteiger partial charge on any atom is -0.495 e. The number of rotatable bonds is 8. The van der Waals surface area contributed by atoms with Crippen LogP contribution in [0.15, 0.2) is 87.0 Å². The molecular formula is C29H25F3N4O4S. The van der Waals surface area contributed by atoms with Gasteiger partial charge in [0, 0.05) is 5.70 Å². The van der Waals surface area contributed by atoms with Crippen LogP contribution in [0, 0.1) is 18.3 Å². The van der Waals surface area contributed by atoms with Crippen LogP contribution < -0.4 is 20.7 Å². The van der Waals surface area contributed by atoms with Crippen molar-refractivity contribution in [2.75, 3.05) is 23.5 Å². The number of furan rings is 1. The average molecular weight is 583 g/mol. The molecule has 3 aromatic rings. The van der Waals surface area contributed by atoms with Gasteiger partial charge >= 0.3 is 6.18 Å². The van der Waals surface area contributed by atoms with Crippen LogP contribution in [0.4, 0.5) is 24.5 Å². The number of nitrogens with one attached hydrogen (secondary N) is 3. The van der Waals surface area contributed by atoms with Gasteiger partial charge in [0.1, 0.15) is 17.3 Å². The Hall–Kier alpha value is -4.63. The lowest BCUT2D eigenvalue weighted by atomic mass is 9.85. The normalized spacial score (nSPS) is 15.2. The van der Waals surface area contributed by atoms with E-state index < -0.39 is 29.5 Å². The first kappa shape index (κ1) is 29.4. The van der Waals surface area contributed by atoms with Crippen LogP contribution in [-0.2, 0) is 15.8 Å². The molecule has 1 aliphatic heterocycles. The van der Waals surface area contributed by atoms with Crippen LogP contribution in [0.1, 0.15) is 29.9 Å². The van der Waals surface area contributed by atoms with Crippen molar-refractivity contribution in [1.82, 2.24) is 5.32 Å². The number of hydrogen-bond donors (Lipinski definition) is 3. The molecule has 8 nitrogen and oxygen atoms in total. The molecule has 2 amide bonds. The zero-order valence-electron chi connectivity index (χ0n) is 22.2. The summed E-state index contributed by atoms with van der Waals surface area (Å²) in [7, 11) is 1.48. The molecule has 0 fully saturated rings. The minimum atomic E-state index is -4.64. The highest BCUT2D eigenvalue weighted by Crippen LogP contribution is 2.42. The highest BCUT2D eigenvalue weighted by molar-refractivity contribution is 8.03. The van der Waals surface area contributed by atoms with Crippen LogP contribution in [0.2, 0.25) is 0 Å². The first-order valence-electron chi connectivity index (χ1n) is 12.2. The van der Waals surface area contributed by atoms with Gasteiger partial charge in [0.25, 0.3) is 5.91 Å². The fourth-order valence-corrected chi connectivity index (χ4v) is 5.21. The van der Waals surface area contributed by atoms with Crippen LogP contribution in [0.3, 0.4) is 0 Å². The van der Waals surface area contributed by atoms with Gasteiger partial charge in [-0.2, -0.15) is 18.4 Å². The molecule has 12 heteroatoms. The molecule has 0 saturated heterocycles. The van der Waals surface area contributed by atoms with Crippen LogP contribution in [-0.4, -0.2) is 24.7 Å². The van der Waals surface area contributed by atoms with E-state index in [1.807, 2.05) is 0 Å². The van der Waals surface area contributed by atoms with Gasteiger partial charge in [-0.25, -0.2) is 0 Å². The summed E-state index contributed by atoms with van der Waals surface area (Å²) in [6.07, 6.45) is -4.64. The Morgan fingerprint density at radius 3 is 2.37 bits per heavy atom. The number of carbonyl (C=O) groups excluding carboxylic acids is 2. The number of amides is 2. The fraction of sp³-hybridized carbons (Fsp3) is 0.207. The first-order valence-corrected chi connectivity index (χ1v) is 13.2. The summed E-state index contributed by atoms with van der Waals surface area (Å²) in [4.78, 5) is 26.2. The second-order valence-electron chi connectivity index (χ2n) is 8.93. The Labute approximate surface area is 238 Å². The predicted octanol–water partition coefficient (Wildman–Crippen LogP) is 6.32. The van der Waals surface area contributed by atoms with Gasteiger partial charge in [-0.05, 0) is 50.2 Å². The lowest BCUT2D eigenvalue weighted by molar-refractivity contribution is -0.137. The van der Waals surface area contributed by atoms with Crippen molar-refractivity contribution < 1.29 is 31.9 Å². The van der Waals surface area contributed by atoms with Gasteiger partial charge in [-0.3, -0.25) is 9.59 Å². The monoisotopic (exact) mass is 582 g/mol. The molecule has 1 atom stereocenters. The SMILES string of the molecule is COc1ccccc1NC(=O)C1=C(C)NC(SCC(=O)Nc2ccccc2C(F)(F)F)=C(C#N)[C@@H]1c1ccc(C)o1. The summed E-state index contributed by atoms with van der Waals surface area (Å²) >= 11 is 0.929. The zero-order valence-corrected chi connectivity index (χ0v) is 23.0. The number of aryl methyl sites for hydroxylation is 1. The number of benzene rings is 2. The van der Waals surface area contributed by atoms with E-state index in [-0.39, 0.29) is 27.6 Å². The van der Waals surface area contributed by atoms with E-state index in [2.05, 4.69) is 22.0 Å². The first-order chi connectivity index (χ1) is 19.5. The lowest BCUT2D eigenvalue weighted by Crippen LogP contribution is -2.31. The summed E-state index contributed by atoms with van der Waals surface area (Å²) in [5, 5.41) is 18.6. The van der Waals surface area contributed by atoms with Gasteiger partial charge in [0.15, 0.2) is 0 Å². The largest absolute Gasteiger partial charge is 0.495 e. The highest BCUT2D eigenvalue weighted by Gasteiger charge is 2.37. The Balaban J connectivity index is 1.62. The number of nitriles is 1. The number of ether oxygens (including phenoxy) is 1. The van der Waals surface area contributed by atoms with E-state index in [1.54, 1.807) is 50.2 Å². The van der Waals surface area contributed by atoms with Crippen molar-refractivity contribution in [1.29, 1.82) is 5.26 Å². The van der Waals surface area contributed by atoms with Gasteiger partial charge < -0.3 is 25.1 Å². The molecule has 2 heterocycles. The second-order valence-corrected chi connectivity index (χ2v) is 9.92.